The van der Waals surface area contributed by atoms with E-state index in [9.17, 15) is 14.7 Å². The van der Waals surface area contributed by atoms with E-state index in [-0.39, 0.29) is 6.03 Å². The molecule has 1 unspecified atom stereocenters. The summed E-state index contributed by atoms with van der Waals surface area (Å²) in [7, 11) is 2.00. The summed E-state index contributed by atoms with van der Waals surface area (Å²) in [6.07, 6.45) is 1.97. The number of urea groups is 1. The number of carbonyl (C=O) groups excluding carboxylic acids is 1. The van der Waals surface area contributed by atoms with Gasteiger partial charge in [-0.2, -0.15) is 0 Å². The minimum atomic E-state index is -0.789. The van der Waals surface area contributed by atoms with E-state index in [2.05, 4.69) is 17.1 Å². The molecule has 0 aromatic carbocycles. The van der Waals surface area contributed by atoms with Crippen molar-refractivity contribution in [2.24, 2.45) is 5.41 Å². The third-order valence-corrected chi connectivity index (χ3v) is 4.30. The second kappa shape index (κ2) is 7.47. The number of likely N-dealkylation sites (tertiary alicyclic amines) is 1. The van der Waals surface area contributed by atoms with Gasteiger partial charge in [-0.3, -0.25) is 4.79 Å². The Morgan fingerprint density at radius 3 is 2.65 bits per heavy atom. The fourth-order valence-electron chi connectivity index (χ4n) is 2.54. The first kappa shape index (κ1) is 16.8. The number of aliphatic carboxylic acids is 1. The number of nitrogens with one attached hydrogen (secondary N) is 1. The molecule has 20 heavy (non-hydrogen) atoms. The highest BCUT2D eigenvalue weighted by Gasteiger charge is 2.42. The van der Waals surface area contributed by atoms with Crippen LogP contribution in [0.2, 0.25) is 0 Å². The van der Waals surface area contributed by atoms with E-state index >= 15 is 0 Å². The predicted octanol–water partition coefficient (Wildman–Crippen LogP) is 1.22. The lowest BCUT2D eigenvalue weighted by atomic mass is 9.78. The fraction of sp³-hybridized carbons (Fsp3) is 0.857. The Hall–Kier alpha value is -1.30. The zero-order chi connectivity index (χ0) is 15.2. The van der Waals surface area contributed by atoms with Crippen LogP contribution in [0.25, 0.3) is 0 Å². The third-order valence-electron chi connectivity index (χ3n) is 4.30. The first-order chi connectivity index (χ1) is 9.45. The summed E-state index contributed by atoms with van der Waals surface area (Å²) in [5, 5.41) is 12.3. The smallest absolute Gasteiger partial charge is 0.317 e. The number of likely N-dealkylation sites (N-methyl/N-ethyl adjacent to an activating group) is 1. The number of carbonyl (C=O) groups is 2. The molecule has 0 aromatic rings. The molecule has 2 amide bonds. The molecule has 0 spiro atoms. The van der Waals surface area contributed by atoms with E-state index < -0.39 is 11.4 Å². The molecule has 0 aromatic heterocycles. The van der Waals surface area contributed by atoms with E-state index in [0.29, 0.717) is 32.5 Å². The predicted molar refractivity (Wildman–Crippen MR) is 77.7 cm³/mol. The number of nitrogens with zero attached hydrogens (tertiary/aromatic N) is 2. The Morgan fingerprint density at radius 1 is 1.40 bits per heavy atom. The van der Waals surface area contributed by atoms with Crippen LogP contribution in [0.3, 0.4) is 0 Å². The fourth-order valence-corrected chi connectivity index (χ4v) is 2.54. The minimum Gasteiger partial charge on any atom is -0.481 e. The normalized spacial score (nSPS) is 22.9. The number of amides is 2. The maximum absolute atomic E-state index is 12.1. The highest BCUT2D eigenvalue weighted by atomic mass is 16.4. The molecule has 1 atom stereocenters. The zero-order valence-corrected chi connectivity index (χ0v) is 12.8. The van der Waals surface area contributed by atoms with E-state index in [1.807, 2.05) is 14.0 Å². The molecule has 0 bridgehead atoms. The maximum Gasteiger partial charge on any atom is 0.317 e. The van der Waals surface area contributed by atoms with Crippen LogP contribution < -0.4 is 5.32 Å². The quantitative estimate of drug-likeness (QED) is 0.770. The summed E-state index contributed by atoms with van der Waals surface area (Å²) in [5.74, 6) is -0.789. The van der Waals surface area contributed by atoms with Crippen LogP contribution in [0.5, 0.6) is 0 Å². The van der Waals surface area contributed by atoms with E-state index in [1.54, 1.807) is 4.90 Å². The Bertz CT molecular complexity index is 349. The van der Waals surface area contributed by atoms with Crippen molar-refractivity contribution in [2.75, 3.05) is 39.8 Å². The molecular weight excluding hydrogens is 258 g/mol. The van der Waals surface area contributed by atoms with Gasteiger partial charge in [-0.25, -0.2) is 4.79 Å². The Labute approximate surface area is 121 Å². The largest absolute Gasteiger partial charge is 0.481 e. The van der Waals surface area contributed by atoms with Crippen molar-refractivity contribution in [3.8, 4) is 0 Å². The molecule has 1 aliphatic heterocycles. The number of carboxylic acids is 1. The molecule has 6 heteroatoms. The van der Waals surface area contributed by atoms with Gasteiger partial charge < -0.3 is 20.2 Å². The highest BCUT2D eigenvalue weighted by Crippen LogP contribution is 2.33. The van der Waals surface area contributed by atoms with Gasteiger partial charge in [0, 0.05) is 26.2 Å². The standard InChI is InChI=1S/C14H27N3O3/c1-4-14(12(18)19)7-6-9-17(11-14)13(20)15-8-10-16(3)5-2/h4-11H2,1-3H3,(H,15,20)(H,18,19). The van der Waals surface area contributed by atoms with Gasteiger partial charge in [-0.15, -0.1) is 0 Å². The van der Waals surface area contributed by atoms with Crippen LogP contribution in [0, 0.1) is 5.41 Å². The first-order valence-electron chi connectivity index (χ1n) is 7.40. The number of hydrogen-bond donors (Lipinski definition) is 2. The van der Waals surface area contributed by atoms with Crippen molar-refractivity contribution in [2.45, 2.75) is 33.1 Å². The number of carboxylic acid groups (broad SMARTS) is 1. The first-order valence-corrected chi connectivity index (χ1v) is 7.40. The van der Waals surface area contributed by atoms with Gasteiger partial charge >= 0.3 is 12.0 Å². The lowest BCUT2D eigenvalue weighted by molar-refractivity contribution is -0.152. The summed E-state index contributed by atoms with van der Waals surface area (Å²) >= 11 is 0. The zero-order valence-electron chi connectivity index (χ0n) is 12.8. The van der Waals surface area contributed by atoms with Crippen LogP contribution in [-0.4, -0.2) is 66.7 Å². The summed E-state index contributed by atoms with van der Waals surface area (Å²) in [6.45, 7) is 7.23. The number of piperidine rings is 1. The van der Waals surface area contributed by atoms with Gasteiger partial charge in [0.25, 0.3) is 0 Å². The molecule has 1 aliphatic rings. The number of hydrogen-bond acceptors (Lipinski definition) is 3. The van der Waals surface area contributed by atoms with Crippen LogP contribution in [-0.2, 0) is 4.79 Å². The molecule has 116 valence electrons. The molecule has 6 nitrogen and oxygen atoms in total. The van der Waals surface area contributed by atoms with Gasteiger partial charge in [-0.1, -0.05) is 13.8 Å². The summed E-state index contributed by atoms with van der Waals surface area (Å²) in [4.78, 5) is 27.3. The molecule has 1 saturated heterocycles. The summed E-state index contributed by atoms with van der Waals surface area (Å²) in [5.41, 5.74) is -0.768. The topological polar surface area (TPSA) is 72.9 Å². The van der Waals surface area contributed by atoms with Crippen molar-refractivity contribution in [1.82, 2.24) is 15.1 Å². The molecule has 0 aliphatic carbocycles. The Kier molecular flexibility index (Phi) is 6.26. The molecule has 2 N–H and O–H groups in total. The van der Waals surface area contributed by atoms with Gasteiger partial charge in [0.15, 0.2) is 0 Å². The number of rotatable bonds is 6. The summed E-state index contributed by atoms with van der Waals surface area (Å²) in [6, 6.07) is -0.145. The average Bonchev–Trinajstić information content (AvgIpc) is 2.46. The average molecular weight is 285 g/mol. The Balaban J connectivity index is 2.50. The van der Waals surface area contributed by atoms with E-state index in [1.165, 1.54) is 0 Å². The molecule has 1 rings (SSSR count). The van der Waals surface area contributed by atoms with Crippen molar-refractivity contribution < 1.29 is 14.7 Å². The molecule has 1 fully saturated rings. The van der Waals surface area contributed by atoms with Crippen LogP contribution in [0.4, 0.5) is 4.79 Å². The monoisotopic (exact) mass is 285 g/mol. The van der Waals surface area contributed by atoms with Crippen LogP contribution >= 0.6 is 0 Å². The summed E-state index contributed by atoms with van der Waals surface area (Å²) < 4.78 is 0. The van der Waals surface area contributed by atoms with Crippen molar-refractivity contribution >= 4 is 12.0 Å². The van der Waals surface area contributed by atoms with Crippen molar-refractivity contribution in [1.29, 1.82) is 0 Å². The van der Waals surface area contributed by atoms with Gasteiger partial charge in [0.2, 0.25) is 0 Å². The lowest BCUT2D eigenvalue weighted by Crippen LogP contribution is -2.53. The molecular formula is C14H27N3O3. The molecule has 1 heterocycles. The van der Waals surface area contributed by atoms with E-state index in [0.717, 1.165) is 19.5 Å². The van der Waals surface area contributed by atoms with Crippen molar-refractivity contribution in [3.05, 3.63) is 0 Å². The molecule has 0 saturated carbocycles. The second-order valence-electron chi connectivity index (χ2n) is 5.59. The van der Waals surface area contributed by atoms with Crippen LogP contribution in [0.15, 0.2) is 0 Å². The van der Waals surface area contributed by atoms with E-state index in [4.69, 9.17) is 0 Å². The molecule has 0 radical (unpaired) electrons. The van der Waals surface area contributed by atoms with Gasteiger partial charge in [0.05, 0.1) is 5.41 Å². The van der Waals surface area contributed by atoms with Crippen LogP contribution in [0.1, 0.15) is 33.1 Å². The maximum atomic E-state index is 12.1. The SMILES string of the molecule is CCN(C)CCNC(=O)N1CCCC(CC)(C(=O)O)C1. The van der Waals surface area contributed by atoms with Crippen molar-refractivity contribution in [3.63, 3.8) is 0 Å². The van der Waals surface area contributed by atoms with Gasteiger partial charge in [0.1, 0.15) is 0 Å². The highest BCUT2D eigenvalue weighted by molar-refractivity contribution is 5.78. The minimum absolute atomic E-state index is 0.145. The second-order valence-corrected chi connectivity index (χ2v) is 5.59. The lowest BCUT2D eigenvalue weighted by Gasteiger charge is -2.39. The Morgan fingerprint density at radius 2 is 2.10 bits per heavy atom. The third kappa shape index (κ3) is 4.10. The van der Waals surface area contributed by atoms with Gasteiger partial charge in [-0.05, 0) is 32.9 Å².